The van der Waals surface area contributed by atoms with E-state index in [1.54, 1.807) is 18.2 Å². The summed E-state index contributed by atoms with van der Waals surface area (Å²) in [7, 11) is -0.976. The second kappa shape index (κ2) is 11.3. The molecule has 4 atom stereocenters. The number of rotatable bonds is 8. The summed E-state index contributed by atoms with van der Waals surface area (Å²) in [6, 6.07) is 16.5. The van der Waals surface area contributed by atoms with Gasteiger partial charge in [-0.05, 0) is 68.1 Å². The number of amides is 2. The first-order valence-corrected chi connectivity index (χ1v) is 13.9. The van der Waals surface area contributed by atoms with Crippen LogP contribution >= 0.6 is 0 Å². The molecule has 0 unspecified atom stereocenters. The summed E-state index contributed by atoms with van der Waals surface area (Å²) in [5.41, 5.74) is 4.93. The van der Waals surface area contributed by atoms with Gasteiger partial charge < -0.3 is 14.8 Å². The van der Waals surface area contributed by atoms with E-state index in [2.05, 4.69) is 13.8 Å². The third-order valence-electron chi connectivity index (χ3n) is 8.35. The van der Waals surface area contributed by atoms with Gasteiger partial charge in [0.1, 0.15) is 5.75 Å². The van der Waals surface area contributed by atoms with Gasteiger partial charge in [-0.15, -0.1) is 0 Å². The third-order valence-corrected chi connectivity index (χ3v) is 8.35. The number of phenolic OH excluding ortho intramolecular Hbond substituents is 1. The average Bonchev–Trinajstić information content (AvgIpc) is 3.17. The van der Waals surface area contributed by atoms with Crippen LogP contribution in [0.4, 0.5) is 5.69 Å². The number of phenols is 1. The van der Waals surface area contributed by atoms with Gasteiger partial charge in [0.25, 0.3) is 0 Å². The predicted molar refractivity (Wildman–Crippen MR) is 149 cm³/mol. The van der Waals surface area contributed by atoms with Gasteiger partial charge in [-0.2, -0.15) is 0 Å². The molecule has 2 N–H and O–H groups in total. The van der Waals surface area contributed by atoms with Gasteiger partial charge >= 0.3 is 7.12 Å². The molecule has 0 radical (unpaired) electrons. The van der Waals surface area contributed by atoms with Crippen LogP contribution in [0.1, 0.15) is 57.9 Å². The molecular weight excluding hydrogens is 477 g/mol. The van der Waals surface area contributed by atoms with Crippen molar-refractivity contribution in [3.8, 4) is 5.75 Å². The van der Waals surface area contributed by atoms with Gasteiger partial charge in [-0.25, -0.2) is 0 Å². The summed E-state index contributed by atoms with van der Waals surface area (Å²) < 4.78 is 6.13. The van der Waals surface area contributed by atoms with E-state index in [0.717, 1.165) is 36.8 Å². The fourth-order valence-electron chi connectivity index (χ4n) is 6.63. The number of carbonyl (C=O) groups is 2. The average molecular weight is 513 g/mol. The number of imide groups is 1. The van der Waals surface area contributed by atoms with Crippen LogP contribution in [-0.4, -0.2) is 35.2 Å². The molecule has 0 spiro atoms. The maximum absolute atomic E-state index is 13.8. The second-order valence-corrected chi connectivity index (χ2v) is 10.7. The number of para-hydroxylation sites is 2. The predicted octanol–water partition coefficient (Wildman–Crippen LogP) is 5.77. The largest absolute Gasteiger partial charge is 0.507 e. The SMILES string of the molecule is CCCC1=C2[C@@H](CC/C(=C/c3ccccc3O)CC)OB(O)C[C@@H]2[C@@H]2C(=O)N(c3ccccc3)C(=O)[C@@H]2C1. The van der Waals surface area contributed by atoms with E-state index in [-0.39, 0.29) is 29.6 Å². The van der Waals surface area contributed by atoms with Crippen LogP contribution in [0, 0.1) is 17.8 Å². The summed E-state index contributed by atoms with van der Waals surface area (Å²) in [5.74, 6) is -1.11. The zero-order chi connectivity index (χ0) is 26.8. The van der Waals surface area contributed by atoms with Crippen LogP contribution in [-0.2, 0) is 14.2 Å². The standard InChI is InChI=1S/C31H36BNO5/c1-3-10-22-18-24-29(31(36)33(30(24)35)23-12-6-5-7-13-23)25-19-32(37)38-27(28(22)25)16-15-20(4-2)17-21-11-8-9-14-26(21)34/h5-9,11-14,17,24-25,27,29,34,37H,3-4,10,15-16,18-19H2,1-2H3/b20-17+/t24-,25+,27-,29-/m1/s1. The zero-order valence-corrected chi connectivity index (χ0v) is 22.2. The Labute approximate surface area is 225 Å². The first-order valence-electron chi connectivity index (χ1n) is 13.9. The summed E-state index contributed by atoms with van der Waals surface area (Å²) in [6.45, 7) is 4.23. The van der Waals surface area contributed by atoms with E-state index in [1.165, 1.54) is 16.0 Å². The van der Waals surface area contributed by atoms with Gasteiger partial charge in [-0.1, -0.05) is 73.9 Å². The number of allylic oxidation sites excluding steroid dienone is 2. The topological polar surface area (TPSA) is 87.1 Å². The highest BCUT2D eigenvalue weighted by Gasteiger charge is 2.57. The van der Waals surface area contributed by atoms with Gasteiger partial charge in [0.05, 0.1) is 23.6 Å². The Morgan fingerprint density at radius 1 is 1.05 bits per heavy atom. The number of benzene rings is 2. The van der Waals surface area contributed by atoms with Gasteiger partial charge in [-0.3, -0.25) is 14.5 Å². The quantitative estimate of drug-likeness (QED) is 0.266. The fourth-order valence-corrected chi connectivity index (χ4v) is 6.63. The summed E-state index contributed by atoms with van der Waals surface area (Å²) in [6.07, 6.45) is 6.67. The third kappa shape index (κ3) is 4.97. The number of nitrogens with zero attached hydrogens (tertiary/aromatic N) is 1. The minimum Gasteiger partial charge on any atom is -0.507 e. The summed E-state index contributed by atoms with van der Waals surface area (Å²) >= 11 is 0. The number of hydrogen-bond donors (Lipinski definition) is 2. The molecule has 5 rings (SSSR count). The van der Waals surface area contributed by atoms with Crippen LogP contribution in [0.3, 0.4) is 0 Å². The molecule has 2 aliphatic heterocycles. The van der Waals surface area contributed by atoms with E-state index in [0.29, 0.717) is 24.8 Å². The van der Waals surface area contributed by atoms with E-state index in [9.17, 15) is 19.7 Å². The van der Waals surface area contributed by atoms with Gasteiger partial charge in [0.15, 0.2) is 0 Å². The molecule has 38 heavy (non-hydrogen) atoms. The molecule has 3 aliphatic rings. The van der Waals surface area contributed by atoms with Crippen LogP contribution in [0.2, 0.25) is 6.32 Å². The number of aromatic hydroxyl groups is 1. The van der Waals surface area contributed by atoms with Crippen LogP contribution < -0.4 is 4.90 Å². The van der Waals surface area contributed by atoms with E-state index < -0.39 is 19.0 Å². The van der Waals surface area contributed by atoms with E-state index in [4.69, 9.17) is 4.65 Å². The Kier molecular flexibility index (Phi) is 7.87. The van der Waals surface area contributed by atoms with Crippen LogP contribution in [0.25, 0.3) is 6.08 Å². The van der Waals surface area contributed by atoms with Crippen molar-refractivity contribution in [3.05, 3.63) is 76.9 Å². The number of anilines is 1. The minimum absolute atomic E-state index is 0.129. The molecule has 2 fully saturated rings. The van der Waals surface area contributed by atoms with Crippen LogP contribution in [0.5, 0.6) is 5.75 Å². The lowest BCUT2D eigenvalue weighted by Crippen LogP contribution is -2.46. The van der Waals surface area contributed by atoms with Gasteiger partial charge in [0, 0.05) is 5.56 Å². The first kappa shape index (κ1) is 26.5. The fraction of sp³-hybridized carbons (Fsp3) is 0.419. The molecule has 2 heterocycles. The van der Waals surface area contributed by atoms with Crippen molar-refractivity contribution in [1.82, 2.24) is 0 Å². The second-order valence-electron chi connectivity index (χ2n) is 10.7. The molecular formula is C31H36BNO5. The molecule has 2 aromatic rings. The molecule has 0 bridgehead atoms. The number of hydrogen-bond acceptors (Lipinski definition) is 5. The van der Waals surface area contributed by atoms with Crippen molar-refractivity contribution in [3.63, 3.8) is 0 Å². The van der Waals surface area contributed by atoms with Gasteiger partial charge in [0.2, 0.25) is 11.8 Å². The maximum Gasteiger partial charge on any atom is 0.455 e. The molecule has 7 heteroatoms. The van der Waals surface area contributed by atoms with Crippen molar-refractivity contribution >= 4 is 30.7 Å². The lowest BCUT2D eigenvalue weighted by molar-refractivity contribution is -0.122. The van der Waals surface area contributed by atoms with E-state index in [1.807, 2.05) is 42.5 Å². The van der Waals surface area contributed by atoms with Crippen molar-refractivity contribution in [2.75, 3.05) is 4.90 Å². The minimum atomic E-state index is -0.976. The highest BCUT2D eigenvalue weighted by molar-refractivity contribution is 6.43. The smallest absolute Gasteiger partial charge is 0.455 e. The highest BCUT2D eigenvalue weighted by atomic mass is 16.5. The lowest BCUT2D eigenvalue weighted by Gasteiger charge is -2.43. The lowest BCUT2D eigenvalue weighted by atomic mass is 9.58. The summed E-state index contributed by atoms with van der Waals surface area (Å²) in [5, 5.41) is 21.0. The highest BCUT2D eigenvalue weighted by Crippen LogP contribution is 2.52. The normalized spacial score (nSPS) is 25.6. The Bertz CT molecular complexity index is 1260. The summed E-state index contributed by atoms with van der Waals surface area (Å²) in [4.78, 5) is 28.7. The molecule has 2 amide bonds. The molecule has 198 valence electrons. The number of fused-ring (bicyclic) bond motifs is 3. The molecule has 6 nitrogen and oxygen atoms in total. The molecule has 2 aromatic carbocycles. The molecule has 1 aliphatic carbocycles. The maximum atomic E-state index is 13.8. The molecule has 0 aromatic heterocycles. The Balaban J connectivity index is 1.44. The monoisotopic (exact) mass is 513 g/mol. The Morgan fingerprint density at radius 2 is 1.79 bits per heavy atom. The number of carbonyl (C=O) groups excluding carboxylic acids is 2. The van der Waals surface area contributed by atoms with Crippen molar-refractivity contribution in [2.24, 2.45) is 17.8 Å². The van der Waals surface area contributed by atoms with E-state index >= 15 is 0 Å². The molecule has 0 saturated carbocycles. The first-order chi connectivity index (χ1) is 18.4. The van der Waals surface area contributed by atoms with Crippen LogP contribution in [0.15, 0.2) is 71.3 Å². The Hall–Kier alpha value is -3.16. The van der Waals surface area contributed by atoms with Crippen molar-refractivity contribution in [2.45, 2.75) is 64.8 Å². The zero-order valence-electron chi connectivity index (χ0n) is 22.2. The van der Waals surface area contributed by atoms with Crippen molar-refractivity contribution < 1.29 is 24.4 Å². The van der Waals surface area contributed by atoms with Crippen molar-refractivity contribution in [1.29, 1.82) is 0 Å². The molecule has 2 saturated heterocycles. The Morgan fingerprint density at radius 3 is 2.50 bits per heavy atom.